The van der Waals surface area contributed by atoms with E-state index in [2.05, 4.69) is 19.9 Å². The van der Waals surface area contributed by atoms with Crippen LogP contribution in [-0.2, 0) is 0 Å². The molecule has 0 saturated carbocycles. The maximum Gasteiger partial charge on any atom is 0.316 e. The van der Waals surface area contributed by atoms with E-state index in [9.17, 15) is 4.39 Å². The van der Waals surface area contributed by atoms with Gasteiger partial charge in [0.1, 0.15) is 11.6 Å². The Hall–Kier alpha value is -3.28. The highest BCUT2D eigenvalue weighted by Gasteiger charge is 2.12. The third kappa shape index (κ3) is 2.48. The van der Waals surface area contributed by atoms with E-state index in [1.807, 2.05) is 30.3 Å². The van der Waals surface area contributed by atoms with Crippen LogP contribution in [0, 0.1) is 5.82 Å². The number of fused-ring (bicyclic) bond motifs is 1. The van der Waals surface area contributed by atoms with E-state index in [0.717, 1.165) is 11.0 Å². The molecule has 0 spiro atoms. The molecule has 0 fully saturated rings. The number of methoxy groups -OCH3 is 1. The minimum Gasteiger partial charge on any atom is -0.467 e. The van der Waals surface area contributed by atoms with Crippen molar-refractivity contribution >= 4 is 11.0 Å². The van der Waals surface area contributed by atoms with Crippen molar-refractivity contribution in [3.05, 3.63) is 60.7 Å². The summed E-state index contributed by atoms with van der Waals surface area (Å²) in [6, 6.07) is 12.8. The number of H-pyrrole nitrogens is 1. The lowest BCUT2D eigenvalue weighted by Gasteiger charge is -2.05. The highest BCUT2D eigenvalue weighted by Crippen LogP contribution is 2.27. The van der Waals surface area contributed by atoms with Crippen LogP contribution in [0.15, 0.2) is 54.9 Å². The number of nitrogens with one attached hydrogen (secondary N) is 1. The molecule has 0 aliphatic heterocycles. The van der Waals surface area contributed by atoms with E-state index in [1.54, 1.807) is 18.5 Å². The van der Waals surface area contributed by atoms with Gasteiger partial charge in [-0.25, -0.2) is 19.3 Å². The molecule has 0 radical (unpaired) electrons. The summed E-state index contributed by atoms with van der Waals surface area (Å²) < 4.78 is 19.5. The van der Waals surface area contributed by atoms with Gasteiger partial charge < -0.3 is 9.72 Å². The van der Waals surface area contributed by atoms with E-state index in [4.69, 9.17) is 4.74 Å². The summed E-state index contributed by atoms with van der Waals surface area (Å²) in [6.45, 7) is 0. The maximum atomic E-state index is 14.6. The van der Waals surface area contributed by atoms with Gasteiger partial charge in [-0.15, -0.1) is 0 Å². The van der Waals surface area contributed by atoms with Gasteiger partial charge in [0.25, 0.3) is 0 Å². The molecular weight excluding hydrogens is 307 g/mol. The second-order valence-corrected chi connectivity index (χ2v) is 5.26. The molecule has 0 aliphatic rings. The lowest BCUT2D eigenvalue weighted by molar-refractivity contribution is 0.380. The van der Waals surface area contributed by atoms with E-state index in [0.29, 0.717) is 22.5 Å². The molecule has 5 nitrogen and oxygen atoms in total. The monoisotopic (exact) mass is 320 g/mol. The fourth-order valence-electron chi connectivity index (χ4n) is 2.54. The summed E-state index contributed by atoms with van der Waals surface area (Å²) in [5.41, 5.74) is 3.50. The SMILES string of the molecule is COc1ncc(-c2ccc(-c3nc4ccccc4[nH]3)c(F)c2)cn1. The fourth-order valence-corrected chi connectivity index (χ4v) is 2.54. The van der Waals surface area contributed by atoms with Gasteiger partial charge in [0, 0.05) is 18.0 Å². The van der Waals surface area contributed by atoms with Crippen LogP contribution in [0.4, 0.5) is 4.39 Å². The van der Waals surface area contributed by atoms with E-state index >= 15 is 0 Å². The zero-order chi connectivity index (χ0) is 16.5. The number of rotatable bonds is 3. The van der Waals surface area contributed by atoms with Gasteiger partial charge in [-0.3, -0.25) is 0 Å². The van der Waals surface area contributed by atoms with E-state index < -0.39 is 0 Å². The molecule has 0 bridgehead atoms. The number of hydrogen-bond acceptors (Lipinski definition) is 4. The van der Waals surface area contributed by atoms with Gasteiger partial charge in [-0.1, -0.05) is 18.2 Å². The van der Waals surface area contributed by atoms with Crippen molar-refractivity contribution in [2.24, 2.45) is 0 Å². The molecule has 0 unspecified atom stereocenters. The Balaban J connectivity index is 1.73. The quantitative estimate of drug-likeness (QED) is 0.623. The van der Waals surface area contributed by atoms with Gasteiger partial charge in [0.05, 0.1) is 23.7 Å². The molecule has 24 heavy (non-hydrogen) atoms. The molecule has 0 saturated heterocycles. The second kappa shape index (κ2) is 5.73. The molecule has 4 rings (SSSR count). The summed E-state index contributed by atoms with van der Waals surface area (Å²) >= 11 is 0. The summed E-state index contributed by atoms with van der Waals surface area (Å²) in [5.74, 6) is 0.147. The second-order valence-electron chi connectivity index (χ2n) is 5.26. The smallest absolute Gasteiger partial charge is 0.316 e. The average molecular weight is 320 g/mol. The van der Waals surface area contributed by atoms with Gasteiger partial charge in [0.2, 0.25) is 0 Å². The first-order chi connectivity index (χ1) is 11.7. The van der Waals surface area contributed by atoms with Crippen molar-refractivity contribution in [2.75, 3.05) is 7.11 Å². The minimum absolute atomic E-state index is 0.276. The van der Waals surface area contributed by atoms with Crippen LogP contribution in [0.25, 0.3) is 33.5 Å². The molecule has 4 aromatic rings. The molecule has 2 aromatic heterocycles. The number of para-hydroxylation sites is 2. The van der Waals surface area contributed by atoms with Crippen molar-refractivity contribution in [3.63, 3.8) is 0 Å². The lowest BCUT2D eigenvalue weighted by Crippen LogP contribution is -1.92. The molecule has 1 N–H and O–H groups in total. The van der Waals surface area contributed by atoms with Crippen LogP contribution in [0.2, 0.25) is 0 Å². The predicted octanol–water partition coefficient (Wildman–Crippen LogP) is 3.83. The molecule has 0 atom stereocenters. The van der Waals surface area contributed by atoms with Crippen molar-refractivity contribution in [3.8, 4) is 28.5 Å². The number of imidazole rings is 1. The largest absolute Gasteiger partial charge is 0.467 e. The van der Waals surface area contributed by atoms with Crippen molar-refractivity contribution in [1.82, 2.24) is 19.9 Å². The number of nitrogens with zero attached hydrogens (tertiary/aromatic N) is 3. The van der Waals surface area contributed by atoms with Crippen molar-refractivity contribution < 1.29 is 9.13 Å². The number of benzene rings is 2. The Morgan fingerprint density at radius 1 is 1.00 bits per heavy atom. The first-order valence-electron chi connectivity index (χ1n) is 7.35. The summed E-state index contributed by atoms with van der Waals surface area (Å²) in [4.78, 5) is 15.6. The standard InChI is InChI=1S/C18H13FN4O/c1-24-18-20-9-12(10-21-18)11-6-7-13(14(19)8-11)17-22-15-4-2-3-5-16(15)23-17/h2-10H,1H3,(H,22,23). The Bertz CT molecular complexity index is 978. The first kappa shape index (κ1) is 14.3. The van der Waals surface area contributed by atoms with Gasteiger partial charge in [-0.2, -0.15) is 0 Å². The lowest BCUT2D eigenvalue weighted by atomic mass is 10.1. The zero-order valence-electron chi connectivity index (χ0n) is 12.8. The number of aromatic nitrogens is 4. The van der Waals surface area contributed by atoms with Gasteiger partial charge in [-0.05, 0) is 29.8 Å². The molecular formula is C18H13FN4O. The average Bonchev–Trinajstić information content (AvgIpc) is 3.05. The topological polar surface area (TPSA) is 63.7 Å². The molecule has 2 aromatic carbocycles. The molecule has 118 valence electrons. The van der Waals surface area contributed by atoms with Crippen LogP contribution in [0.3, 0.4) is 0 Å². The van der Waals surface area contributed by atoms with Gasteiger partial charge >= 0.3 is 6.01 Å². The highest BCUT2D eigenvalue weighted by atomic mass is 19.1. The molecule has 0 aliphatic carbocycles. The van der Waals surface area contributed by atoms with Crippen molar-refractivity contribution in [2.45, 2.75) is 0 Å². The molecule has 0 amide bonds. The minimum atomic E-state index is -0.359. The Labute approximate surface area is 137 Å². The van der Waals surface area contributed by atoms with Crippen LogP contribution < -0.4 is 4.74 Å². The summed E-state index contributed by atoms with van der Waals surface area (Å²) in [5, 5.41) is 0. The Morgan fingerprint density at radius 2 is 1.79 bits per heavy atom. The number of aromatic amines is 1. The molecule has 6 heteroatoms. The van der Waals surface area contributed by atoms with Gasteiger partial charge in [0.15, 0.2) is 0 Å². The van der Waals surface area contributed by atoms with Crippen molar-refractivity contribution in [1.29, 1.82) is 0 Å². The number of hydrogen-bond donors (Lipinski definition) is 1. The normalized spacial score (nSPS) is 10.9. The third-order valence-electron chi connectivity index (χ3n) is 3.76. The fraction of sp³-hybridized carbons (Fsp3) is 0.0556. The Morgan fingerprint density at radius 3 is 2.50 bits per heavy atom. The van der Waals surface area contributed by atoms with Crippen LogP contribution in [0.1, 0.15) is 0 Å². The summed E-state index contributed by atoms with van der Waals surface area (Å²) in [6.07, 6.45) is 3.20. The van der Waals surface area contributed by atoms with E-state index in [-0.39, 0.29) is 11.8 Å². The highest BCUT2D eigenvalue weighted by molar-refractivity contribution is 5.79. The first-order valence-corrected chi connectivity index (χ1v) is 7.35. The Kier molecular flexibility index (Phi) is 3.42. The molecule has 2 heterocycles. The predicted molar refractivity (Wildman–Crippen MR) is 89.1 cm³/mol. The van der Waals surface area contributed by atoms with E-state index in [1.165, 1.54) is 13.2 Å². The zero-order valence-corrected chi connectivity index (χ0v) is 12.8. The number of halogens is 1. The summed E-state index contributed by atoms with van der Waals surface area (Å²) in [7, 11) is 1.50. The number of ether oxygens (including phenoxy) is 1. The third-order valence-corrected chi connectivity index (χ3v) is 3.76. The van der Waals surface area contributed by atoms with Crippen LogP contribution >= 0.6 is 0 Å². The van der Waals surface area contributed by atoms with Crippen LogP contribution in [-0.4, -0.2) is 27.0 Å². The maximum absolute atomic E-state index is 14.6. The van der Waals surface area contributed by atoms with Crippen LogP contribution in [0.5, 0.6) is 6.01 Å².